The summed E-state index contributed by atoms with van der Waals surface area (Å²) >= 11 is 0. The molecule has 0 N–H and O–H groups in total. The maximum atomic E-state index is 13.9. The molecule has 0 fully saturated rings. The maximum absolute atomic E-state index is 13.9. The predicted octanol–water partition coefficient (Wildman–Crippen LogP) is 5.13. The van der Waals surface area contributed by atoms with Gasteiger partial charge >= 0.3 is 8.80 Å². The molecular weight excluding hydrogens is 358 g/mol. The van der Waals surface area contributed by atoms with Crippen LogP contribution >= 0.6 is 0 Å². The molecule has 0 spiro atoms. The fraction of sp³-hybridized carbons (Fsp3) is 1.00. The Morgan fingerprint density at radius 2 is 1.12 bits per heavy atom. The van der Waals surface area contributed by atoms with Crippen molar-refractivity contribution in [2.45, 2.75) is 70.8 Å². The summed E-state index contributed by atoms with van der Waals surface area (Å²) < 4.78 is 96.1. The summed E-state index contributed by atoms with van der Waals surface area (Å²) in [7, 11) is -3.40. The molecular formula is C14H26F6O3Si. The summed E-state index contributed by atoms with van der Waals surface area (Å²) in [5, 5.41) is 0. The van der Waals surface area contributed by atoms with Crippen molar-refractivity contribution in [3.63, 3.8) is 0 Å². The summed E-state index contributed by atoms with van der Waals surface area (Å²) in [6, 6.07) is -0.367. The van der Waals surface area contributed by atoms with E-state index in [0.717, 1.165) is 0 Å². The van der Waals surface area contributed by atoms with Crippen LogP contribution in [0.2, 0.25) is 6.04 Å². The van der Waals surface area contributed by atoms with Gasteiger partial charge in [0.2, 0.25) is 0 Å². The minimum Gasteiger partial charge on any atom is -0.374 e. The second kappa shape index (κ2) is 9.40. The zero-order valence-electron chi connectivity index (χ0n) is 14.4. The first-order chi connectivity index (χ1) is 10.8. The molecule has 0 aliphatic rings. The van der Waals surface area contributed by atoms with Crippen LogP contribution in [-0.4, -0.2) is 46.4 Å². The van der Waals surface area contributed by atoms with Crippen molar-refractivity contribution in [2.24, 2.45) is 0 Å². The largest absolute Gasteiger partial charge is 0.501 e. The van der Waals surface area contributed by atoms with Crippen molar-refractivity contribution >= 4 is 8.80 Å². The Hall–Kier alpha value is -0.323. The highest BCUT2D eigenvalue weighted by Gasteiger charge is 2.50. The topological polar surface area (TPSA) is 27.7 Å². The Labute approximate surface area is 140 Å². The molecule has 0 atom stereocenters. The maximum Gasteiger partial charge on any atom is 0.501 e. The van der Waals surface area contributed by atoms with E-state index < -0.39 is 45.8 Å². The molecule has 0 aromatic rings. The summed E-state index contributed by atoms with van der Waals surface area (Å²) in [6.07, 6.45) is -4.84. The van der Waals surface area contributed by atoms with Gasteiger partial charge < -0.3 is 13.3 Å². The minimum atomic E-state index is -4.17. The van der Waals surface area contributed by atoms with Gasteiger partial charge in [-0.3, -0.25) is 0 Å². The van der Waals surface area contributed by atoms with Gasteiger partial charge in [0, 0.05) is 32.3 Å². The minimum absolute atomic E-state index is 0.163. The monoisotopic (exact) mass is 384 g/mol. The molecule has 24 heavy (non-hydrogen) atoms. The van der Waals surface area contributed by atoms with Gasteiger partial charge in [-0.2, -0.15) is 0 Å². The average molecular weight is 384 g/mol. The second-order valence-corrected chi connectivity index (χ2v) is 8.35. The van der Waals surface area contributed by atoms with Crippen molar-refractivity contribution in [3.8, 4) is 0 Å². The van der Waals surface area contributed by atoms with Crippen molar-refractivity contribution < 1.29 is 39.6 Å². The number of alkyl halides is 6. The molecule has 0 aromatic heterocycles. The molecule has 146 valence electrons. The Kier molecular flexibility index (Phi) is 9.27. The highest BCUT2D eigenvalue weighted by atomic mass is 28.4. The van der Waals surface area contributed by atoms with Crippen LogP contribution < -0.4 is 0 Å². The van der Waals surface area contributed by atoms with Crippen LogP contribution in [0.4, 0.5) is 26.3 Å². The molecule has 0 bridgehead atoms. The van der Waals surface area contributed by atoms with E-state index in [1.54, 1.807) is 20.8 Å². The van der Waals surface area contributed by atoms with Gasteiger partial charge in [-0.15, -0.1) is 0 Å². The average Bonchev–Trinajstić information content (AvgIpc) is 2.33. The van der Waals surface area contributed by atoms with Crippen LogP contribution in [0, 0.1) is 0 Å². The molecule has 0 aliphatic heterocycles. The van der Waals surface area contributed by atoms with Crippen LogP contribution in [0.25, 0.3) is 0 Å². The van der Waals surface area contributed by atoms with E-state index in [4.69, 9.17) is 13.3 Å². The second-order valence-electron chi connectivity index (χ2n) is 5.62. The van der Waals surface area contributed by atoms with E-state index >= 15 is 0 Å². The third kappa shape index (κ3) is 9.85. The molecule has 0 radical (unpaired) electrons. The quantitative estimate of drug-likeness (QED) is 0.325. The van der Waals surface area contributed by atoms with E-state index in [0.29, 0.717) is 0 Å². The molecule has 3 nitrogen and oxygen atoms in total. The fourth-order valence-corrected chi connectivity index (χ4v) is 5.00. The molecule has 0 saturated heterocycles. The molecule has 0 aromatic carbocycles. The van der Waals surface area contributed by atoms with Crippen molar-refractivity contribution in [2.75, 3.05) is 19.8 Å². The Balaban J connectivity index is 4.92. The zero-order valence-corrected chi connectivity index (χ0v) is 15.4. The number of rotatable bonds is 13. The van der Waals surface area contributed by atoms with Crippen LogP contribution in [0.5, 0.6) is 0 Å². The van der Waals surface area contributed by atoms with Gasteiger partial charge in [0.15, 0.2) is 0 Å². The van der Waals surface area contributed by atoms with Crippen molar-refractivity contribution in [3.05, 3.63) is 0 Å². The van der Waals surface area contributed by atoms with E-state index in [1.165, 1.54) is 0 Å². The van der Waals surface area contributed by atoms with Gasteiger partial charge in [-0.25, -0.2) is 26.3 Å². The third-order valence-electron chi connectivity index (χ3n) is 2.98. The van der Waals surface area contributed by atoms with Gasteiger partial charge in [-0.05, 0) is 27.7 Å². The first-order valence-corrected chi connectivity index (χ1v) is 9.79. The van der Waals surface area contributed by atoms with Crippen LogP contribution in [0.1, 0.15) is 47.0 Å². The lowest BCUT2D eigenvalue weighted by atomic mass is 10.0. The SMILES string of the molecule is CCO[Si](CCC(F)(F)CC(F)(F)CC(C)(F)F)(OCC)OCC. The molecule has 0 unspecified atom stereocenters. The van der Waals surface area contributed by atoms with Gasteiger partial charge in [-0.1, -0.05) is 0 Å². The van der Waals surface area contributed by atoms with Gasteiger partial charge in [0.1, 0.15) is 0 Å². The molecule has 0 amide bonds. The number of hydrogen-bond acceptors (Lipinski definition) is 3. The lowest BCUT2D eigenvalue weighted by Gasteiger charge is -2.31. The first kappa shape index (κ1) is 23.7. The summed E-state index contributed by atoms with van der Waals surface area (Å²) in [5.41, 5.74) is 0. The lowest BCUT2D eigenvalue weighted by Crippen LogP contribution is -2.47. The lowest BCUT2D eigenvalue weighted by molar-refractivity contribution is -0.153. The smallest absolute Gasteiger partial charge is 0.374 e. The van der Waals surface area contributed by atoms with Crippen LogP contribution in [-0.2, 0) is 13.3 Å². The fourth-order valence-electron chi connectivity index (χ4n) is 2.32. The van der Waals surface area contributed by atoms with Crippen molar-refractivity contribution in [1.29, 1.82) is 0 Å². The molecule has 0 aliphatic carbocycles. The van der Waals surface area contributed by atoms with Gasteiger partial charge in [0.05, 0.1) is 12.8 Å². The van der Waals surface area contributed by atoms with E-state index in [9.17, 15) is 26.3 Å². The zero-order chi connectivity index (χ0) is 19.1. The van der Waals surface area contributed by atoms with E-state index in [-0.39, 0.29) is 32.8 Å². The molecule has 0 saturated carbocycles. The first-order valence-electron chi connectivity index (χ1n) is 7.85. The Bertz CT molecular complexity index is 346. The molecule has 0 rings (SSSR count). The highest BCUT2D eigenvalue weighted by molar-refractivity contribution is 6.60. The van der Waals surface area contributed by atoms with Crippen LogP contribution in [0.3, 0.4) is 0 Å². The summed E-state index contributed by atoms with van der Waals surface area (Å²) in [6.45, 7) is 5.67. The van der Waals surface area contributed by atoms with Gasteiger partial charge in [0.25, 0.3) is 17.8 Å². The normalized spacial score (nSPS) is 14.2. The highest BCUT2D eigenvalue weighted by Crippen LogP contribution is 2.40. The number of halogens is 6. The Morgan fingerprint density at radius 3 is 1.46 bits per heavy atom. The third-order valence-corrected chi connectivity index (χ3v) is 6.02. The van der Waals surface area contributed by atoms with Crippen LogP contribution in [0.15, 0.2) is 0 Å². The van der Waals surface area contributed by atoms with E-state index in [2.05, 4.69) is 0 Å². The Morgan fingerprint density at radius 1 is 0.708 bits per heavy atom. The summed E-state index contributed by atoms with van der Waals surface area (Å²) in [4.78, 5) is 0. The summed E-state index contributed by atoms with van der Waals surface area (Å²) in [5.74, 6) is -11.7. The van der Waals surface area contributed by atoms with E-state index in [1.807, 2.05) is 0 Å². The molecule has 0 heterocycles. The standard InChI is InChI=1S/C14H26F6O3Si/c1-5-21-24(22-6-2,23-7-3)9-8-13(17,18)11-14(19,20)10-12(4,15)16/h5-11H2,1-4H3. The predicted molar refractivity (Wildman–Crippen MR) is 79.8 cm³/mol. The number of hydrogen-bond donors (Lipinski definition) is 0. The van der Waals surface area contributed by atoms with Crippen molar-refractivity contribution in [1.82, 2.24) is 0 Å². The molecule has 10 heteroatoms.